The monoisotopic (exact) mass is 225 g/mol. The maximum Gasteiger partial charge on any atom is 0.325 e. The minimum atomic E-state index is -0.708. The van der Waals surface area contributed by atoms with Gasteiger partial charge in [-0.15, -0.1) is 0 Å². The molecule has 0 unspecified atom stereocenters. The van der Waals surface area contributed by atoms with Crippen molar-refractivity contribution in [3.05, 3.63) is 0 Å². The van der Waals surface area contributed by atoms with Crippen molar-refractivity contribution in [1.29, 1.82) is 0 Å². The van der Waals surface area contributed by atoms with Crippen LogP contribution in [0.5, 0.6) is 0 Å². The second-order valence-corrected chi connectivity index (χ2v) is 4.73. The van der Waals surface area contributed by atoms with Crippen molar-refractivity contribution < 1.29 is 9.59 Å². The average molecular weight is 225 g/mol. The summed E-state index contributed by atoms with van der Waals surface area (Å²) in [5, 5.41) is 6.13. The molecule has 0 saturated carbocycles. The zero-order valence-corrected chi connectivity index (χ0v) is 9.88. The van der Waals surface area contributed by atoms with E-state index in [1.165, 1.54) is 4.90 Å². The second kappa shape index (κ2) is 4.05. The Balaban J connectivity index is 2.18. The first-order valence-corrected chi connectivity index (χ1v) is 5.94. The summed E-state index contributed by atoms with van der Waals surface area (Å²) in [6.45, 7) is 5.93. The Hall–Kier alpha value is -1.10. The molecule has 90 valence electrons. The second-order valence-electron chi connectivity index (χ2n) is 4.73. The molecule has 0 aromatic carbocycles. The fraction of sp³-hybridized carbons (Fsp3) is 0.818. The van der Waals surface area contributed by atoms with Crippen LogP contribution >= 0.6 is 0 Å². The number of imide groups is 1. The van der Waals surface area contributed by atoms with Gasteiger partial charge in [-0.3, -0.25) is 9.69 Å². The third-order valence-corrected chi connectivity index (χ3v) is 3.73. The standard InChI is InChI=1S/C11H19N3O2/c1-3-14-9(15)11(2,13-10(14)16)8-5-4-6-12-7-8/h8,12H,3-7H2,1-2H3,(H,13,16)/t8-,11+/m0/s1. The van der Waals surface area contributed by atoms with E-state index in [2.05, 4.69) is 10.6 Å². The molecule has 5 nitrogen and oxygen atoms in total. The summed E-state index contributed by atoms with van der Waals surface area (Å²) in [6, 6.07) is -0.249. The number of amides is 3. The lowest BCUT2D eigenvalue weighted by Crippen LogP contribution is -2.55. The quantitative estimate of drug-likeness (QED) is 0.665. The summed E-state index contributed by atoms with van der Waals surface area (Å²) in [5.74, 6) is 0.128. The van der Waals surface area contributed by atoms with Gasteiger partial charge in [0.15, 0.2) is 0 Å². The predicted octanol–water partition coefficient (Wildman–Crippen LogP) is 0.316. The molecule has 0 radical (unpaired) electrons. The summed E-state index contributed by atoms with van der Waals surface area (Å²) in [7, 11) is 0. The number of carbonyl (C=O) groups excluding carboxylic acids is 2. The lowest BCUT2D eigenvalue weighted by molar-refractivity contribution is -0.132. The highest BCUT2D eigenvalue weighted by molar-refractivity contribution is 6.07. The van der Waals surface area contributed by atoms with E-state index in [-0.39, 0.29) is 17.9 Å². The molecule has 16 heavy (non-hydrogen) atoms. The molecular weight excluding hydrogens is 206 g/mol. The number of hydrogen-bond acceptors (Lipinski definition) is 3. The molecule has 0 spiro atoms. The van der Waals surface area contributed by atoms with Gasteiger partial charge in [0, 0.05) is 19.0 Å². The van der Waals surface area contributed by atoms with Crippen LogP contribution in [0.25, 0.3) is 0 Å². The summed E-state index contributed by atoms with van der Waals surface area (Å²) < 4.78 is 0. The van der Waals surface area contributed by atoms with Gasteiger partial charge in [0.05, 0.1) is 0 Å². The van der Waals surface area contributed by atoms with Gasteiger partial charge in [-0.2, -0.15) is 0 Å². The van der Waals surface area contributed by atoms with Gasteiger partial charge in [-0.05, 0) is 33.2 Å². The smallest absolute Gasteiger partial charge is 0.323 e. The maximum atomic E-state index is 12.2. The van der Waals surface area contributed by atoms with Gasteiger partial charge < -0.3 is 10.6 Å². The molecule has 0 aromatic heterocycles. The van der Waals surface area contributed by atoms with Gasteiger partial charge in [-0.1, -0.05) is 0 Å². The molecule has 2 heterocycles. The first-order valence-electron chi connectivity index (χ1n) is 5.94. The number of carbonyl (C=O) groups is 2. The number of urea groups is 1. The number of hydrogen-bond donors (Lipinski definition) is 2. The first-order chi connectivity index (χ1) is 7.59. The van der Waals surface area contributed by atoms with Crippen LogP contribution in [0.3, 0.4) is 0 Å². The minimum absolute atomic E-state index is 0.0753. The highest BCUT2D eigenvalue weighted by Crippen LogP contribution is 2.29. The molecule has 2 aliphatic rings. The maximum absolute atomic E-state index is 12.2. The Bertz CT molecular complexity index is 312. The fourth-order valence-electron chi connectivity index (χ4n) is 2.62. The number of nitrogens with zero attached hydrogens (tertiary/aromatic N) is 1. The molecule has 2 atom stereocenters. The molecule has 3 amide bonds. The van der Waals surface area contributed by atoms with Crippen molar-refractivity contribution in [3.8, 4) is 0 Å². The van der Waals surface area contributed by atoms with Crippen LogP contribution in [0.2, 0.25) is 0 Å². The van der Waals surface area contributed by atoms with E-state index >= 15 is 0 Å². The molecular formula is C11H19N3O2. The van der Waals surface area contributed by atoms with Crippen LogP contribution in [0.1, 0.15) is 26.7 Å². The first kappa shape index (κ1) is 11.4. The lowest BCUT2D eigenvalue weighted by Gasteiger charge is -2.34. The lowest BCUT2D eigenvalue weighted by atomic mass is 9.80. The minimum Gasteiger partial charge on any atom is -0.323 e. The van der Waals surface area contributed by atoms with Crippen molar-refractivity contribution in [2.75, 3.05) is 19.6 Å². The van der Waals surface area contributed by atoms with Gasteiger partial charge in [-0.25, -0.2) is 4.79 Å². The summed E-state index contributed by atoms with van der Waals surface area (Å²) >= 11 is 0. The molecule has 0 bridgehead atoms. The normalized spacial score (nSPS) is 35.4. The van der Waals surface area contributed by atoms with Crippen LogP contribution in [0.4, 0.5) is 4.79 Å². The Kier molecular flexibility index (Phi) is 2.88. The van der Waals surface area contributed by atoms with Crippen LogP contribution < -0.4 is 10.6 Å². The molecule has 2 saturated heterocycles. The Morgan fingerprint density at radius 3 is 2.75 bits per heavy atom. The summed E-state index contributed by atoms with van der Waals surface area (Å²) in [4.78, 5) is 25.1. The Morgan fingerprint density at radius 2 is 2.25 bits per heavy atom. The zero-order chi connectivity index (χ0) is 11.8. The summed E-state index contributed by atoms with van der Waals surface area (Å²) in [6.07, 6.45) is 2.06. The largest absolute Gasteiger partial charge is 0.325 e. The van der Waals surface area contributed by atoms with Crippen LogP contribution in [-0.4, -0.2) is 42.0 Å². The van der Waals surface area contributed by atoms with Crippen molar-refractivity contribution in [2.24, 2.45) is 5.92 Å². The van der Waals surface area contributed by atoms with Crippen LogP contribution in [0.15, 0.2) is 0 Å². The van der Waals surface area contributed by atoms with Crippen molar-refractivity contribution in [2.45, 2.75) is 32.2 Å². The molecule has 2 fully saturated rings. The average Bonchev–Trinajstić information content (AvgIpc) is 2.52. The highest BCUT2D eigenvalue weighted by Gasteiger charge is 2.51. The fourth-order valence-corrected chi connectivity index (χ4v) is 2.62. The van der Waals surface area contributed by atoms with E-state index in [9.17, 15) is 9.59 Å². The molecule has 2 aliphatic heterocycles. The third-order valence-electron chi connectivity index (χ3n) is 3.73. The van der Waals surface area contributed by atoms with E-state index in [4.69, 9.17) is 0 Å². The number of nitrogens with one attached hydrogen (secondary N) is 2. The van der Waals surface area contributed by atoms with Crippen molar-refractivity contribution >= 4 is 11.9 Å². The van der Waals surface area contributed by atoms with Gasteiger partial charge in [0.2, 0.25) is 0 Å². The van der Waals surface area contributed by atoms with Gasteiger partial charge in [0.1, 0.15) is 5.54 Å². The number of likely N-dealkylation sites (N-methyl/N-ethyl adjacent to an activating group) is 1. The van der Waals surface area contributed by atoms with E-state index in [1.807, 2.05) is 13.8 Å². The van der Waals surface area contributed by atoms with Crippen molar-refractivity contribution in [3.63, 3.8) is 0 Å². The van der Waals surface area contributed by atoms with E-state index in [0.717, 1.165) is 25.9 Å². The third kappa shape index (κ3) is 1.59. The van der Waals surface area contributed by atoms with Gasteiger partial charge >= 0.3 is 6.03 Å². The predicted molar refractivity (Wildman–Crippen MR) is 59.9 cm³/mol. The van der Waals surface area contributed by atoms with Crippen molar-refractivity contribution in [1.82, 2.24) is 15.5 Å². The van der Waals surface area contributed by atoms with Gasteiger partial charge in [0.25, 0.3) is 5.91 Å². The number of rotatable bonds is 2. The SMILES string of the molecule is CCN1C(=O)N[C@](C)([C@H]2CCCNC2)C1=O. The Morgan fingerprint density at radius 1 is 1.50 bits per heavy atom. The zero-order valence-electron chi connectivity index (χ0n) is 9.88. The number of piperidine rings is 1. The molecule has 0 aromatic rings. The van der Waals surface area contributed by atoms with E-state index in [0.29, 0.717) is 6.54 Å². The van der Waals surface area contributed by atoms with Crippen LogP contribution in [0, 0.1) is 5.92 Å². The topological polar surface area (TPSA) is 61.4 Å². The molecule has 0 aliphatic carbocycles. The highest BCUT2D eigenvalue weighted by atomic mass is 16.2. The van der Waals surface area contributed by atoms with E-state index in [1.54, 1.807) is 0 Å². The molecule has 2 rings (SSSR count). The molecule has 2 N–H and O–H groups in total. The Labute approximate surface area is 95.6 Å². The molecule has 5 heteroatoms. The van der Waals surface area contributed by atoms with E-state index < -0.39 is 5.54 Å². The summed E-state index contributed by atoms with van der Waals surface area (Å²) in [5.41, 5.74) is -0.708. The van der Waals surface area contributed by atoms with Crippen LogP contribution in [-0.2, 0) is 4.79 Å².